The van der Waals surface area contributed by atoms with Crippen molar-refractivity contribution >= 4 is 33.3 Å². The number of para-hydroxylation sites is 1. The van der Waals surface area contributed by atoms with Gasteiger partial charge in [0.05, 0.1) is 21.7 Å². The molecular weight excluding hydrogens is 336 g/mol. The van der Waals surface area contributed by atoms with Gasteiger partial charge in [0, 0.05) is 0 Å². The topological polar surface area (TPSA) is 43.6 Å². The molecule has 4 aromatic rings. The Labute approximate surface area is 148 Å². The molecule has 0 fully saturated rings. The highest BCUT2D eigenvalue weighted by atomic mass is 32.2. The fourth-order valence-electron chi connectivity index (χ4n) is 2.67. The summed E-state index contributed by atoms with van der Waals surface area (Å²) in [6.07, 6.45) is 1.78. The Morgan fingerprint density at radius 1 is 1.12 bits per heavy atom. The van der Waals surface area contributed by atoms with Crippen molar-refractivity contribution in [3.8, 4) is 5.69 Å². The van der Waals surface area contributed by atoms with Gasteiger partial charge in [-0.2, -0.15) is 0 Å². The third-order valence-electron chi connectivity index (χ3n) is 3.79. The molecule has 4 nitrogen and oxygen atoms in total. The molecule has 0 spiro atoms. The molecule has 0 aliphatic carbocycles. The number of fused-ring (bicyclic) bond motifs is 1. The molecule has 120 valence electrons. The minimum atomic E-state index is 0.795. The van der Waals surface area contributed by atoms with Crippen molar-refractivity contribution in [1.29, 1.82) is 0 Å². The second kappa shape index (κ2) is 6.37. The molecule has 0 bridgehead atoms. The fraction of sp³-hybridized carbons (Fsp3) is 0.167. The van der Waals surface area contributed by atoms with Gasteiger partial charge in [0.25, 0.3) is 0 Å². The predicted octanol–water partition coefficient (Wildman–Crippen LogP) is 4.79. The van der Waals surface area contributed by atoms with E-state index in [4.69, 9.17) is 0 Å². The quantitative estimate of drug-likeness (QED) is 0.496. The summed E-state index contributed by atoms with van der Waals surface area (Å²) in [5, 5.41) is 10.4. The van der Waals surface area contributed by atoms with Gasteiger partial charge in [-0.1, -0.05) is 41.6 Å². The minimum absolute atomic E-state index is 0.795. The first-order valence-electron chi connectivity index (χ1n) is 7.65. The molecular formula is C18H16N4S2. The number of nitrogens with zero attached hydrogens (tertiary/aromatic N) is 4. The monoisotopic (exact) mass is 352 g/mol. The lowest BCUT2D eigenvalue weighted by Crippen LogP contribution is -1.98. The van der Waals surface area contributed by atoms with Gasteiger partial charge < -0.3 is 0 Å². The Bertz CT molecular complexity index is 970. The number of aryl methyl sites for hydroxylation is 2. The van der Waals surface area contributed by atoms with Gasteiger partial charge in [-0.3, -0.25) is 4.57 Å². The summed E-state index contributed by atoms with van der Waals surface area (Å²) in [5.74, 6) is 0.795. The van der Waals surface area contributed by atoms with Crippen molar-refractivity contribution in [3.63, 3.8) is 0 Å². The van der Waals surface area contributed by atoms with Crippen LogP contribution in [0.15, 0.2) is 53.9 Å². The normalized spacial score (nSPS) is 11.2. The Balaban J connectivity index is 1.58. The highest BCUT2D eigenvalue weighted by Gasteiger charge is 2.11. The molecule has 0 amide bonds. The van der Waals surface area contributed by atoms with Gasteiger partial charge in [0.15, 0.2) is 5.16 Å². The zero-order chi connectivity index (χ0) is 16.5. The third-order valence-corrected chi connectivity index (χ3v) is 5.96. The van der Waals surface area contributed by atoms with Crippen molar-refractivity contribution in [3.05, 3.63) is 64.9 Å². The Hall–Kier alpha value is -2.18. The average molecular weight is 352 g/mol. The smallest absolute Gasteiger partial charge is 0.196 e. The average Bonchev–Trinajstić information content (AvgIpc) is 3.19. The number of rotatable bonds is 4. The molecule has 2 aromatic carbocycles. The number of aromatic nitrogens is 4. The van der Waals surface area contributed by atoms with Gasteiger partial charge in [0.1, 0.15) is 11.3 Å². The van der Waals surface area contributed by atoms with Gasteiger partial charge in [-0.25, -0.2) is 4.98 Å². The summed E-state index contributed by atoms with van der Waals surface area (Å²) in [6, 6.07) is 14.7. The highest BCUT2D eigenvalue weighted by molar-refractivity contribution is 7.98. The zero-order valence-corrected chi connectivity index (χ0v) is 15.1. The SMILES string of the molecule is Cc1ccc(-n2cnnc2SCc2nc3ccccc3s2)c(C)c1. The first kappa shape index (κ1) is 15.4. The Kier molecular flexibility index (Phi) is 4.08. The van der Waals surface area contributed by atoms with E-state index >= 15 is 0 Å². The largest absolute Gasteiger partial charge is 0.276 e. The Morgan fingerprint density at radius 2 is 2.00 bits per heavy atom. The van der Waals surface area contributed by atoms with Gasteiger partial charge in [0.2, 0.25) is 0 Å². The fourth-order valence-corrected chi connectivity index (χ4v) is 4.55. The van der Waals surface area contributed by atoms with Crippen LogP contribution in [0.4, 0.5) is 0 Å². The molecule has 0 aliphatic rings. The lowest BCUT2D eigenvalue weighted by molar-refractivity contribution is 0.877. The molecule has 0 saturated heterocycles. The van der Waals surface area contributed by atoms with Crippen LogP contribution in [0.5, 0.6) is 0 Å². The summed E-state index contributed by atoms with van der Waals surface area (Å²) in [6.45, 7) is 4.22. The van der Waals surface area contributed by atoms with E-state index in [0.29, 0.717) is 0 Å². The number of benzene rings is 2. The number of hydrogen-bond acceptors (Lipinski definition) is 5. The van der Waals surface area contributed by atoms with Crippen LogP contribution in [-0.4, -0.2) is 19.7 Å². The zero-order valence-electron chi connectivity index (χ0n) is 13.4. The summed E-state index contributed by atoms with van der Waals surface area (Å²) in [7, 11) is 0. The van der Waals surface area contributed by atoms with Crippen LogP contribution in [0.25, 0.3) is 15.9 Å². The minimum Gasteiger partial charge on any atom is -0.276 e. The molecule has 2 heterocycles. The van der Waals surface area contributed by atoms with Crippen LogP contribution in [0.3, 0.4) is 0 Å². The maximum absolute atomic E-state index is 4.68. The van der Waals surface area contributed by atoms with Crippen LogP contribution in [0, 0.1) is 13.8 Å². The van der Waals surface area contributed by atoms with E-state index in [-0.39, 0.29) is 0 Å². The number of hydrogen-bond donors (Lipinski definition) is 0. The van der Waals surface area contributed by atoms with E-state index < -0.39 is 0 Å². The first-order chi connectivity index (χ1) is 11.7. The lowest BCUT2D eigenvalue weighted by atomic mass is 10.1. The van der Waals surface area contributed by atoms with Crippen LogP contribution >= 0.6 is 23.1 Å². The van der Waals surface area contributed by atoms with Crippen LogP contribution in [0.1, 0.15) is 16.1 Å². The first-order valence-corrected chi connectivity index (χ1v) is 9.46. The summed E-state index contributed by atoms with van der Waals surface area (Å²) in [5.41, 5.74) is 4.66. The third kappa shape index (κ3) is 2.95. The lowest BCUT2D eigenvalue weighted by Gasteiger charge is -2.09. The van der Waals surface area contributed by atoms with Gasteiger partial charge in [-0.15, -0.1) is 21.5 Å². The summed E-state index contributed by atoms with van der Waals surface area (Å²) < 4.78 is 3.27. The molecule has 0 radical (unpaired) electrons. The molecule has 2 aromatic heterocycles. The van der Waals surface area contributed by atoms with Gasteiger partial charge >= 0.3 is 0 Å². The second-order valence-electron chi connectivity index (χ2n) is 5.64. The standard InChI is InChI=1S/C18H16N4S2/c1-12-7-8-15(13(2)9-12)22-11-19-21-18(22)23-10-17-20-14-5-3-4-6-16(14)24-17/h3-9,11H,10H2,1-2H3. The maximum Gasteiger partial charge on any atom is 0.196 e. The van der Waals surface area contributed by atoms with Crippen LogP contribution < -0.4 is 0 Å². The molecule has 4 rings (SSSR count). The van der Waals surface area contributed by atoms with Crippen molar-refractivity contribution in [1.82, 2.24) is 19.7 Å². The molecule has 0 atom stereocenters. The molecule has 0 unspecified atom stereocenters. The summed E-state index contributed by atoms with van der Waals surface area (Å²) in [4.78, 5) is 4.68. The molecule has 0 aliphatic heterocycles. The Morgan fingerprint density at radius 3 is 2.83 bits per heavy atom. The van der Waals surface area contributed by atoms with E-state index in [9.17, 15) is 0 Å². The highest BCUT2D eigenvalue weighted by Crippen LogP contribution is 2.29. The maximum atomic E-state index is 4.68. The summed E-state index contributed by atoms with van der Waals surface area (Å²) >= 11 is 3.40. The van der Waals surface area contributed by atoms with E-state index in [1.54, 1.807) is 29.4 Å². The van der Waals surface area contributed by atoms with Crippen molar-refractivity contribution in [2.75, 3.05) is 0 Å². The van der Waals surface area contributed by atoms with Gasteiger partial charge in [-0.05, 0) is 37.6 Å². The predicted molar refractivity (Wildman–Crippen MR) is 100 cm³/mol. The van der Waals surface area contributed by atoms with E-state index in [0.717, 1.165) is 27.1 Å². The van der Waals surface area contributed by atoms with E-state index in [2.05, 4.69) is 59.4 Å². The van der Waals surface area contributed by atoms with E-state index in [1.165, 1.54) is 15.8 Å². The van der Waals surface area contributed by atoms with Crippen molar-refractivity contribution < 1.29 is 0 Å². The van der Waals surface area contributed by atoms with Crippen LogP contribution in [0.2, 0.25) is 0 Å². The van der Waals surface area contributed by atoms with Crippen molar-refractivity contribution in [2.24, 2.45) is 0 Å². The second-order valence-corrected chi connectivity index (χ2v) is 7.70. The molecule has 6 heteroatoms. The van der Waals surface area contributed by atoms with Crippen LogP contribution in [-0.2, 0) is 5.75 Å². The molecule has 24 heavy (non-hydrogen) atoms. The number of thioether (sulfide) groups is 1. The van der Waals surface area contributed by atoms with E-state index in [1.807, 2.05) is 16.7 Å². The number of thiazole rings is 1. The van der Waals surface area contributed by atoms with Crippen molar-refractivity contribution in [2.45, 2.75) is 24.8 Å². The molecule has 0 saturated carbocycles. The molecule has 0 N–H and O–H groups in total.